The summed E-state index contributed by atoms with van der Waals surface area (Å²) in [5, 5.41) is 73.6. The van der Waals surface area contributed by atoms with Crippen molar-refractivity contribution in [1.82, 2.24) is 0 Å². The number of hydrogen-bond acceptors (Lipinski definition) is 11. The summed E-state index contributed by atoms with van der Waals surface area (Å²) in [4.78, 5) is 25.3. The SMILES string of the molecule is CC1(C)CC[C@]2(C(=O)O)CC[C@]3(C)C(=CC[C@@H]4[C@@]5(C)CC[C@H](O[C@@H]6O[C@@H](C(=O)O)[C@H](O)[C@@H](O[C@H]7OC[C@H](O)[C@@H](O)[C@@H]7O)[C@@H]6O)C(C)(C)[C@@H]5CC[C@]43C)[C@@H]2C1. The first-order chi connectivity index (χ1) is 25.0. The summed E-state index contributed by atoms with van der Waals surface area (Å²) in [7, 11) is 0. The maximum absolute atomic E-state index is 13.0. The molecular formula is C41H64O13. The fraction of sp³-hybridized carbons (Fsp3) is 0.902. The van der Waals surface area contributed by atoms with Gasteiger partial charge in [-0.3, -0.25) is 4.79 Å². The number of allylic oxidation sites excluding steroid dienone is 2. The van der Waals surface area contributed by atoms with Crippen LogP contribution in [0.1, 0.15) is 113 Å². The van der Waals surface area contributed by atoms with Crippen molar-refractivity contribution in [2.75, 3.05) is 6.61 Å². The van der Waals surface area contributed by atoms with E-state index >= 15 is 0 Å². The second kappa shape index (κ2) is 13.4. The van der Waals surface area contributed by atoms with Crippen molar-refractivity contribution in [2.24, 2.45) is 50.2 Å². The van der Waals surface area contributed by atoms with E-state index in [9.17, 15) is 45.3 Å². The molecule has 7 aliphatic rings. The number of aliphatic hydroxyl groups excluding tert-OH is 5. The standard InChI is InChI=1S/C41H64O13/c1-36(2)14-16-41(35(49)50)17-15-39(6)20(21(41)18-36)8-9-24-38(5)12-11-25(37(3,4)23(38)10-13-40(24,39)7)52-34-29(46)30(28(45)31(54-34)32(47)48)53-33-27(44)26(43)22(42)19-51-33/h8,21-31,33-34,42-46H,9-19H2,1-7H3,(H,47,48)(H,49,50)/t21-,22-,23-,24+,25-,26+,27-,28+,29-,30+,31+,33+,34+,38-,39+,40+,41-/m0/s1. The van der Waals surface area contributed by atoms with E-state index < -0.39 is 84.2 Å². The summed E-state index contributed by atoms with van der Waals surface area (Å²) in [5.74, 6) is -1.53. The van der Waals surface area contributed by atoms with Crippen molar-refractivity contribution >= 4 is 11.9 Å². The van der Waals surface area contributed by atoms with E-state index in [1.807, 2.05) is 0 Å². The normalized spacial score (nSPS) is 52.4. The number of hydrogen-bond donors (Lipinski definition) is 7. The average Bonchev–Trinajstić information content (AvgIpc) is 3.08. The van der Waals surface area contributed by atoms with Gasteiger partial charge in [-0.1, -0.05) is 60.1 Å². The highest BCUT2D eigenvalue weighted by molar-refractivity contribution is 5.76. The molecule has 0 aromatic heterocycles. The van der Waals surface area contributed by atoms with Crippen LogP contribution in [0.25, 0.3) is 0 Å². The number of fused-ring (bicyclic) bond motifs is 7. The van der Waals surface area contributed by atoms with Crippen LogP contribution in [0.2, 0.25) is 0 Å². The molecule has 6 fully saturated rings. The monoisotopic (exact) mass is 764 g/mol. The van der Waals surface area contributed by atoms with Gasteiger partial charge in [-0.2, -0.15) is 0 Å². The quantitative estimate of drug-likeness (QED) is 0.152. The minimum absolute atomic E-state index is 0.0359. The zero-order valence-corrected chi connectivity index (χ0v) is 32.9. The van der Waals surface area contributed by atoms with E-state index in [2.05, 4.69) is 54.5 Å². The number of carboxylic acid groups (broad SMARTS) is 2. The molecule has 4 saturated carbocycles. The fourth-order valence-corrected chi connectivity index (χ4v) is 13.4. The minimum atomic E-state index is -1.86. The lowest BCUT2D eigenvalue weighted by atomic mass is 9.33. The lowest BCUT2D eigenvalue weighted by Crippen LogP contribution is -2.66. The van der Waals surface area contributed by atoms with Crippen LogP contribution in [0.15, 0.2) is 11.6 Å². The summed E-state index contributed by atoms with van der Waals surface area (Å²) < 4.78 is 23.3. The predicted molar refractivity (Wildman–Crippen MR) is 192 cm³/mol. The van der Waals surface area contributed by atoms with Gasteiger partial charge in [0, 0.05) is 0 Å². The van der Waals surface area contributed by atoms with Gasteiger partial charge >= 0.3 is 11.9 Å². The van der Waals surface area contributed by atoms with Gasteiger partial charge in [0.25, 0.3) is 0 Å². The number of aliphatic carboxylic acids is 2. The van der Waals surface area contributed by atoms with Gasteiger partial charge in [0.2, 0.25) is 0 Å². The molecule has 54 heavy (non-hydrogen) atoms. The van der Waals surface area contributed by atoms with Crippen LogP contribution in [0.4, 0.5) is 0 Å². The molecule has 7 rings (SSSR count). The smallest absolute Gasteiger partial charge is 0.335 e. The zero-order chi connectivity index (χ0) is 39.6. The third-order valence-corrected chi connectivity index (χ3v) is 16.8. The molecule has 13 heteroatoms. The maximum atomic E-state index is 13.0. The molecule has 7 N–H and O–H groups in total. The van der Waals surface area contributed by atoms with E-state index in [4.69, 9.17) is 18.9 Å². The summed E-state index contributed by atoms with van der Waals surface area (Å²) in [6, 6.07) is 0. The highest BCUT2D eigenvalue weighted by Crippen LogP contribution is 2.76. The molecule has 0 aromatic carbocycles. The Hall–Kier alpha value is -1.68. The van der Waals surface area contributed by atoms with Crippen molar-refractivity contribution < 1.29 is 64.3 Å². The Kier molecular flexibility index (Phi) is 10.1. The van der Waals surface area contributed by atoms with Crippen molar-refractivity contribution in [3.8, 4) is 0 Å². The molecule has 13 nitrogen and oxygen atoms in total. The zero-order valence-electron chi connectivity index (χ0n) is 32.9. The molecular weight excluding hydrogens is 700 g/mol. The van der Waals surface area contributed by atoms with Crippen LogP contribution in [0, 0.1) is 50.2 Å². The van der Waals surface area contributed by atoms with Crippen LogP contribution >= 0.6 is 0 Å². The van der Waals surface area contributed by atoms with Gasteiger partial charge in [-0.25, -0.2) is 4.79 Å². The van der Waals surface area contributed by atoms with Crippen molar-refractivity contribution in [3.63, 3.8) is 0 Å². The average molecular weight is 765 g/mol. The van der Waals surface area contributed by atoms with Crippen LogP contribution < -0.4 is 0 Å². The molecule has 17 atom stereocenters. The van der Waals surface area contributed by atoms with Gasteiger partial charge in [-0.15, -0.1) is 0 Å². The van der Waals surface area contributed by atoms with Gasteiger partial charge in [0.1, 0.15) is 36.6 Å². The van der Waals surface area contributed by atoms with E-state index in [0.29, 0.717) is 18.8 Å². The highest BCUT2D eigenvalue weighted by atomic mass is 16.7. The van der Waals surface area contributed by atoms with E-state index in [0.717, 1.165) is 51.4 Å². The Labute approximate surface area is 318 Å². The maximum Gasteiger partial charge on any atom is 0.335 e. The van der Waals surface area contributed by atoms with Gasteiger partial charge in [-0.05, 0) is 109 Å². The second-order valence-electron chi connectivity index (χ2n) is 20.3. The summed E-state index contributed by atoms with van der Waals surface area (Å²) >= 11 is 0. The van der Waals surface area contributed by atoms with Crippen molar-refractivity contribution in [3.05, 3.63) is 11.6 Å². The number of carboxylic acids is 2. The Morgan fingerprint density at radius 3 is 2.11 bits per heavy atom. The van der Waals surface area contributed by atoms with E-state index in [1.54, 1.807) is 0 Å². The summed E-state index contributed by atoms with van der Waals surface area (Å²) in [6.45, 7) is 15.9. The largest absolute Gasteiger partial charge is 0.481 e. The molecule has 2 aliphatic heterocycles. The summed E-state index contributed by atoms with van der Waals surface area (Å²) in [5.41, 5.74) is 0.110. The number of rotatable bonds is 6. The molecule has 2 saturated heterocycles. The first-order valence-electron chi connectivity index (χ1n) is 20.2. The molecule has 0 aromatic rings. The first-order valence-corrected chi connectivity index (χ1v) is 20.2. The molecule has 2 heterocycles. The molecule has 5 aliphatic carbocycles. The Balaban J connectivity index is 1.13. The predicted octanol–water partition coefficient (Wildman–Crippen LogP) is 3.61. The highest BCUT2D eigenvalue weighted by Gasteiger charge is 2.69. The third-order valence-electron chi connectivity index (χ3n) is 16.8. The van der Waals surface area contributed by atoms with Gasteiger partial charge in [0.05, 0.1) is 18.1 Å². The number of aliphatic hydroxyl groups is 5. The molecule has 0 unspecified atom stereocenters. The lowest BCUT2D eigenvalue weighted by Gasteiger charge is -2.71. The Bertz CT molecular complexity index is 1510. The third kappa shape index (κ3) is 5.88. The van der Waals surface area contributed by atoms with E-state index in [1.165, 1.54) is 5.57 Å². The topological polar surface area (TPSA) is 213 Å². The lowest BCUT2D eigenvalue weighted by molar-refractivity contribution is -0.357. The number of ether oxygens (including phenoxy) is 4. The molecule has 0 amide bonds. The molecule has 0 spiro atoms. The molecule has 0 bridgehead atoms. The summed E-state index contributed by atoms with van der Waals surface area (Å²) in [6.07, 6.45) is -4.35. The Morgan fingerprint density at radius 1 is 0.759 bits per heavy atom. The fourth-order valence-electron chi connectivity index (χ4n) is 13.4. The van der Waals surface area contributed by atoms with Crippen LogP contribution in [0.3, 0.4) is 0 Å². The minimum Gasteiger partial charge on any atom is -0.481 e. The molecule has 306 valence electrons. The van der Waals surface area contributed by atoms with Crippen molar-refractivity contribution in [2.45, 2.75) is 174 Å². The molecule has 0 radical (unpaired) electrons. The van der Waals surface area contributed by atoms with Gasteiger partial charge in [0.15, 0.2) is 18.7 Å². The van der Waals surface area contributed by atoms with E-state index in [-0.39, 0.29) is 40.1 Å². The first kappa shape index (κ1) is 40.5. The van der Waals surface area contributed by atoms with Crippen LogP contribution in [-0.2, 0) is 28.5 Å². The van der Waals surface area contributed by atoms with Gasteiger partial charge < -0.3 is 54.7 Å². The van der Waals surface area contributed by atoms with Crippen molar-refractivity contribution in [1.29, 1.82) is 0 Å². The second-order valence-corrected chi connectivity index (χ2v) is 20.3. The van der Waals surface area contributed by atoms with Crippen LogP contribution in [0.5, 0.6) is 0 Å². The Morgan fingerprint density at radius 2 is 1.44 bits per heavy atom. The van der Waals surface area contributed by atoms with Crippen LogP contribution in [-0.4, -0.2) is 116 Å². The number of carbonyl (C=O) groups is 2.